The summed E-state index contributed by atoms with van der Waals surface area (Å²) < 4.78 is 0.799. The van der Waals surface area contributed by atoms with Crippen LogP contribution >= 0.6 is 34.4 Å². The third-order valence-electron chi connectivity index (χ3n) is 3.53. The zero-order valence-electron chi connectivity index (χ0n) is 12.4. The highest BCUT2D eigenvalue weighted by Gasteiger charge is 2.32. The van der Waals surface area contributed by atoms with Crippen molar-refractivity contribution in [2.45, 2.75) is 11.6 Å². The SMILES string of the molecule is C=C/C(=C1/N=C2CCNC(=O)C2=C1I)c1nc(SC)ncc1N. The number of amides is 1. The Labute approximate surface area is 151 Å². The lowest BCUT2D eigenvalue weighted by molar-refractivity contribution is -0.117. The maximum absolute atomic E-state index is 12.1. The second kappa shape index (κ2) is 6.44. The predicted octanol–water partition coefficient (Wildman–Crippen LogP) is 2.34. The molecule has 1 amide bonds. The maximum Gasteiger partial charge on any atom is 0.254 e. The van der Waals surface area contributed by atoms with Gasteiger partial charge in [0.25, 0.3) is 5.91 Å². The number of allylic oxidation sites excluding steroid dienone is 3. The Balaban J connectivity index is 2.22. The molecule has 0 saturated carbocycles. The van der Waals surface area contributed by atoms with Crippen LogP contribution in [0.3, 0.4) is 0 Å². The van der Waals surface area contributed by atoms with E-state index >= 15 is 0 Å². The van der Waals surface area contributed by atoms with E-state index in [1.807, 2.05) is 6.26 Å². The van der Waals surface area contributed by atoms with Gasteiger partial charge in [-0.2, -0.15) is 0 Å². The Morgan fingerprint density at radius 1 is 1.57 bits per heavy atom. The smallest absolute Gasteiger partial charge is 0.254 e. The first kappa shape index (κ1) is 16.2. The number of nitrogens with zero attached hydrogens (tertiary/aromatic N) is 3. The molecule has 0 atom stereocenters. The topological polar surface area (TPSA) is 93.3 Å². The minimum atomic E-state index is -0.0849. The number of rotatable bonds is 3. The number of nitrogens with two attached hydrogens (primary N) is 1. The van der Waals surface area contributed by atoms with Crippen LogP contribution in [0.1, 0.15) is 12.1 Å². The average molecular weight is 439 g/mol. The number of halogens is 1. The fourth-order valence-corrected chi connectivity index (χ4v) is 3.76. The fraction of sp³-hybridized carbons (Fsp3) is 0.200. The average Bonchev–Trinajstić information content (AvgIpc) is 2.88. The van der Waals surface area contributed by atoms with Crippen molar-refractivity contribution in [1.82, 2.24) is 15.3 Å². The molecule has 0 unspecified atom stereocenters. The van der Waals surface area contributed by atoms with Gasteiger partial charge in [-0.15, -0.1) is 0 Å². The summed E-state index contributed by atoms with van der Waals surface area (Å²) in [6.45, 7) is 4.48. The van der Waals surface area contributed by atoms with Gasteiger partial charge in [0.2, 0.25) is 0 Å². The molecule has 3 heterocycles. The van der Waals surface area contributed by atoms with Crippen LogP contribution in [0.2, 0.25) is 0 Å². The molecule has 118 valence electrons. The highest BCUT2D eigenvalue weighted by Crippen LogP contribution is 2.39. The molecule has 1 aromatic rings. The Kier molecular flexibility index (Phi) is 4.53. The molecule has 3 N–H and O–H groups in total. The van der Waals surface area contributed by atoms with E-state index in [-0.39, 0.29) is 5.91 Å². The van der Waals surface area contributed by atoms with Gasteiger partial charge in [-0.05, 0) is 28.8 Å². The van der Waals surface area contributed by atoms with Gasteiger partial charge in [0.15, 0.2) is 5.16 Å². The summed E-state index contributed by atoms with van der Waals surface area (Å²) in [7, 11) is 0. The number of fused-ring (bicyclic) bond motifs is 1. The van der Waals surface area contributed by atoms with E-state index in [1.54, 1.807) is 12.3 Å². The van der Waals surface area contributed by atoms with E-state index in [9.17, 15) is 4.79 Å². The Hall–Kier alpha value is -1.68. The summed E-state index contributed by atoms with van der Waals surface area (Å²) in [6, 6.07) is 0. The van der Waals surface area contributed by atoms with Crippen molar-refractivity contribution in [3.63, 3.8) is 0 Å². The number of carbonyl (C=O) groups excluding carboxylic acids is 1. The number of nitrogen functional groups attached to an aromatic ring is 1. The highest BCUT2D eigenvalue weighted by atomic mass is 127. The number of anilines is 1. The van der Waals surface area contributed by atoms with E-state index in [1.165, 1.54) is 11.8 Å². The van der Waals surface area contributed by atoms with Crippen LogP contribution in [0, 0.1) is 0 Å². The molecule has 6 nitrogen and oxygen atoms in total. The molecular formula is C15H14IN5OS. The second-order valence-electron chi connectivity index (χ2n) is 4.88. The van der Waals surface area contributed by atoms with Crippen LogP contribution in [0.5, 0.6) is 0 Å². The molecule has 0 radical (unpaired) electrons. The zero-order valence-corrected chi connectivity index (χ0v) is 15.4. The van der Waals surface area contributed by atoms with E-state index in [2.05, 4.69) is 49.4 Å². The number of carbonyl (C=O) groups is 1. The molecule has 1 fully saturated rings. The monoisotopic (exact) mass is 439 g/mol. The minimum absolute atomic E-state index is 0.0849. The Bertz CT molecular complexity index is 812. The van der Waals surface area contributed by atoms with Crippen molar-refractivity contribution in [2.75, 3.05) is 18.5 Å². The molecule has 0 bridgehead atoms. The maximum atomic E-state index is 12.1. The highest BCUT2D eigenvalue weighted by molar-refractivity contribution is 14.1. The summed E-state index contributed by atoms with van der Waals surface area (Å²) in [6.07, 6.45) is 5.88. The summed E-state index contributed by atoms with van der Waals surface area (Å²) in [4.78, 5) is 25.4. The van der Waals surface area contributed by atoms with Crippen LogP contribution in [0.15, 0.2) is 43.9 Å². The van der Waals surface area contributed by atoms with Gasteiger partial charge >= 0.3 is 0 Å². The van der Waals surface area contributed by atoms with Gasteiger partial charge in [-0.1, -0.05) is 24.4 Å². The molecule has 1 aromatic heterocycles. The summed E-state index contributed by atoms with van der Waals surface area (Å²) in [5.41, 5.74) is 9.95. The lowest BCUT2D eigenvalue weighted by Crippen LogP contribution is -2.35. The number of aromatic nitrogens is 2. The molecule has 0 spiro atoms. The fourth-order valence-electron chi connectivity index (χ4n) is 2.45. The molecule has 0 aromatic carbocycles. The third kappa shape index (κ3) is 2.80. The Morgan fingerprint density at radius 2 is 2.35 bits per heavy atom. The first-order valence-electron chi connectivity index (χ1n) is 6.86. The van der Waals surface area contributed by atoms with Gasteiger partial charge in [0, 0.05) is 18.5 Å². The molecule has 0 aliphatic carbocycles. The summed E-state index contributed by atoms with van der Waals surface area (Å²) >= 11 is 3.58. The van der Waals surface area contributed by atoms with Crippen molar-refractivity contribution in [2.24, 2.45) is 4.99 Å². The predicted molar refractivity (Wildman–Crippen MR) is 101 cm³/mol. The van der Waals surface area contributed by atoms with Crippen LogP contribution < -0.4 is 11.1 Å². The number of nitrogens with one attached hydrogen (secondary N) is 1. The minimum Gasteiger partial charge on any atom is -0.396 e. The van der Waals surface area contributed by atoms with Gasteiger partial charge in [0.1, 0.15) is 0 Å². The van der Waals surface area contributed by atoms with Crippen molar-refractivity contribution in [3.05, 3.63) is 39.4 Å². The van der Waals surface area contributed by atoms with Crippen molar-refractivity contribution in [1.29, 1.82) is 0 Å². The summed E-state index contributed by atoms with van der Waals surface area (Å²) in [5, 5.41) is 3.47. The van der Waals surface area contributed by atoms with Crippen molar-refractivity contribution < 1.29 is 4.79 Å². The molecule has 2 aliphatic heterocycles. The van der Waals surface area contributed by atoms with Crippen LogP contribution in [-0.2, 0) is 4.79 Å². The molecule has 23 heavy (non-hydrogen) atoms. The molecule has 8 heteroatoms. The second-order valence-corrected chi connectivity index (χ2v) is 6.73. The molecule has 3 rings (SSSR count). The largest absolute Gasteiger partial charge is 0.396 e. The first-order chi connectivity index (χ1) is 11.1. The lowest BCUT2D eigenvalue weighted by Gasteiger charge is -2.13. The number of hydrogen-bond acceptors (Lipinski definition) is 6. The molecular weight excluding hydrogens is 425 g/mol. The normalized spacial score (nSPS) is 19.2. The number of thioether (sulfide) groups is 1. The van der Waals surface area contributed by atoms with Crippen LogP contribution in [0.4, 0.5) is 5.69 Å². The van der Waals surface area contributed by atoms with E-state index < -0.39 is 0 Å². The quantitative estimate of drug-likeness (QED) is 0.429. The van der Waals surface area contributed by atoms with Crippen molar-refractivity contribution in [3.8, 4) is 0 Å². The number of hydrogen-bond donors (Lipinski definition) is 2. The van der Waals surface area contributed by atoms with E-state index in [0.717, 1.165) is 15.7 Å². The number of aliphatic imine (C=N–C) groups is 1. The van der Waals surface area contributed by atoms with Crippen LogP contribution in [-0.4, -0.2) is 34.4 Å². The van der Waals surface area contributed by atoms with Gasteiger partial charge in [0.05, 0.1) is 38.1 Å². The first-order valence-corrected chi connectivity index (χ1v) is 9.17. The van der Waals surface area contributed by atoms with E-state index in [0.29, 0.717) is 39.9 Å². The molecule has 2 aliphatic rings. The Morgan fingerprint density at radius 3 is 3.00 bits per heavy atom. The third-order valence-corrected chi connectivity index (χ3v) is 5.14. The zero-order chi connectivity index (χ0) is 16.6. The summed E-state index contributed by atoms with van der Waals surface area (Å²) in [5.74, 6) is -0.0849. The van der Waals surface area contributed by atoms with Crippen molar-refractivity contribution >= 4 is 57.2 Å². The lowest BCUT2D eigenvalue weighted by atomic mass is 10.0. The van der Waals surface area contributed by atoms with Gasteiger partial charge < -0.3 is 11.1 Å². The van der Waals surface area contributed by atoms with Crippen LogP contribution in [0.25, 0.3) is 5.57 Å². The van der Waals surface area contributed by atoms with Gasteiger partial charge in [-0.25, -0.2) is 9.97 Å². The standard InChI is InChI=1S/C15H14IN5OS/c1-3-7(12-8(17)6-19-15(21-12)23-2)13-11(16)10-9(20-13)4-5-18-14(10)22/h3,6H,1,4-5,17H2,2H3,(H,18,22)/b13-7-. The molecule has 1 saturated heterocycles. The number of piperidine rings is 1. The van der Waals surface area contributed by atoms with E-state index in [4.69, 9.17) is 5.73 Å². The van der Waals surface area contributed by atoms with Gasteiger partial charge in [-0.3, -0.25) is 9.79 Å².